The van der Waals surface area contributed by atoms with Crippen LogP contribution in [0.4, 0.5) is 9.59 Å². The normalized spacial score (nSPS) is 16.6. The maximum atomic E-state index is 12.6. The third-order valence-electron chi connectivity index (χ3n) is 6.77. The van der Waals surface area contributed by atoms with Crippen LogP contribution in [0, 0.1) is 5.92 Å². The molecule has 0 radical (unpaired) electrons. The van der Waals surface area contributed by atoms with Crippen LogP contribution in [-0.4, -0.2) is 59.5 Å². The van der Waals surface area contributed by atoms with E-state index in [1.54, 1.807) is 4.90 Å². The van der Waals surface area contributed by atoms with E-state index in [-0.39, 0.29) is 31.0 Å². The van der Waals surface area contributed by atoms with E-state index in [4.69, 9.17) is 9.47 Å². The van der Waals surface area contributed by atoms with E-state index in [0.29, 0.717) is 25.9 Å². The molecule has 0 saturated carbocycles. The molecule has 2 N–H and O–H groups in total. The Kier molecular flexibility index (Phi) is 7.52. The Bertz CT molecular complexity index is 1070. The molecule has 1 fully saturated rings. The second kappa shape index (κ2) is 10.6. The summed E-state index contributed by atoms with van der Waals surface area (Å²) in [5.41, 5.74) is 3.89. The second-order valence-electron chi connectivity index (χ2n) is 10.5. The maximum Gasteiger partial charge on any atom is 0.410 e. The van der Waals surface area contributed by atoms with E-state index in [0.717, 1.165) is 22.3 Å². The molecule has 0 aromatic heterocycles. The lowest BCUT2D eigenvalue weighted by Crippen LogP contribution is -2.45. The summed E-state index contributed by atoms with van der Waals surface area (Å²) in [7, 11) is 0. The molecular weight excluding hydrogens is 460 g/mol. The van der Waals surface area contributed by atoms with Crippen LogP contribution in [0.15, 0.2) is 48.5 Å². The summed E-state index contributed by atoms with van der Waals surface area (Å²) in [6.07, 6.45) is 0.481. The average molecular weight is 495 g/mol. The average Bonchev–Trinajstić information content (AvgIpc) is 3.15. The van der Waals surface area contributed by atoms with Gasteiger partial charge in [-0.1, -0.05) is 48.5 Å². The SMILES string of the molecule is CC(C)(C)OC(=O)N1CCC(CC(NC(=O)OCC2c3ccccc3-c3ccccc32)C(=O)O)CC1. The van der Waals surface area contributed by atoms with Gasteiger partial charge >= 0.3 is 18.2 Å². The first-order valence-corrected chi connectivity index (χ1v) is 12.4. The number of alkyl carbamates (subject to hydrolysis) is 1. The van der Waals surface area contributed by atoms with Crippen molar-refractivity contribution in [1.29, 1.82) is 0 Å². The van der Waals surface area contributed by atoms with Gasteiger partial charge in [-0.2, -0.15) is 0 Å². The number of ether oxygens (including phenoxy) is 2. The molecule has 0 bridgehead atoms. The second-order valence-corrected chi connectivity index (χ2v) is 10.5. The van der Waals surface area contributed by atoms with Gasteiger partial charge in [0.1, 0.15) is 18.2 Å². The number of fused-ring (bicyclic) bond motifs is 3. The Morgan fingerprint density at radius 3 is 2.08 bits per heavy atom. The summed E-state index contributed by atoms with van der Waals surface area (Å²) in [4.78, 5) is 38.4. The van der Waals surface area contributed by atoms with E-state index in [2.05, 4.69) is 17.4 Å². The highest BCUT2D eigenvalue weighted by Gasteiger charge is 2.32. The van der Waals surface area contributed by atoms with E-state index >= 15 is 0 Å². The molecule has 36 heavy (non-hydrogen) atoms. The Morgan fingerprint density at radius 2 is 1.56 bits per heavy atom. The molecular formula is C28H34N2O6. The fourth-order valence-corrected chi connectivity index (χ4v) is 5.01. The summed E-state index contributed by atoms with van der Waals surface area (Å²) in [5, 5.41) is 12.2. The molecule has 4 rings (SSSR count). The predicted molar refractivity (Wildman–Crippen MR) is 135 cm³/mol. The van der Waals surface area contributed by atoms with Crippen molar-refractivity contribution < 1.29 is 29.0 Å². The monoisotopic (exact) mass is 494 g/mol. The van der Waals surface area contributed by atoms with Crippen LogP contribution >= 0.6 is 0 Å². The number of hydrogen-bond acceptors (Lipinski definition) is 5. The summed E-state index contributed by atoms with van der Waals surface area (Å²) in [6.45, 7) is 6.59. The molecule has 2 amide bonds. The maximum absolute atomic E-state index is 12.6. The Labute approximate surface area is 211 Å². The smallest absolute Gasteiger partial charge is 0.410 e. The number of likely N-dealkylation sites (tertiary alicyclic amines) is 1. The van der Waals surface area contributed by atoms with Crippen molar-refractivity contribution in [2.45, 2.75) is 57.6 Å². The molecule has 2 aromatic carbocycles. The summed E-state index contributed by atoms with van der Waals surface area (Å²) < 4.78 is 10.9. The zero-order chi connectivity index (χ0) is 25.9. The molecule has 1 unspecified atom stereocenters. The lowest BCUT2D eigenvalue weighted by molar-refractivity contribution is -0.140. The highest BCUT2D eigenvalue weighted by Crippen LogP contribution is 2.44. The molecule has 2 aromatic rings. The summed E-state index contributed by atoms with van der Waals surface area (Å²) in [6, 6.07) is 15.0. The largest absolute Gasteiger partial charge is 0.480 e. The van der Waals surface area contributed by atoms with Gasteiger partial charge in [-0.15, -0.1) is 0 Å². The number of nitrogens with zero attached hydrogens (tertiary/aromatic N) is 1. The number of nitrogens with one attached hydrogen (secondary N) is 1. The van der Waals surface area contributed by atoms with Gasteiger partial charge in [0.25, 0.3) is 0 Å². The molecule has 8 heteroatoms. The first kappa shape index (κ1) is 25.5. The molecule has 2 aliphatic rings. The molecule has 1 aliphatic carbocycles. The minimum atomic E-state index is -1.10. The van der Waals surface area contributed by atoms with Gasteiger partial charge in [-0.25, -0.2) is 14.4 Å². The number of benzene rings is 2. The van der Waals surface area contributed by atoms with E-state index in [1.165, 1.54) is 0 Å². The number of carboxylic acids is 1. The molecule has 1 atom stereocenters. The van der Waals surface area contributed by atoms with Crippen molar-refractivity contribution in [3.8, 4) is 11.1 Å². The van der Waals surface area contributed by atoms with Crippen LogP contribution in [0.5, 0.6) is 0 Å². The van der Waals surface area contributed by atoms with Crippen LogP contribution in [0.1, 0.15) is 57.1 Å². The highest BCUT2D eigenvalue weighted by atomic mass is 16.6. The number of piperidine rings is 1. The molecule has 1 saturated heterocycles. The lowest BCUT2D eigenvalue weighted by atomic mass is 9.90. The van der Waals surface area contributed by atoms with Gasteiger partial charge < -0.3 is 24.8 Å². The zero-order valence-corrected chi connectivity index (χ0v) is 21.0. The van der Waals surface area contributed by atoms with Crippen LogP contribution in [0.25, 0.3) is 11.1 Å². The van der Waals surface area contributed by atoms with Crippen molar-refractivity contribution in [2.24, 2.45) is 5.92 Å². The standard InChI is InChI=1S/C28H34N2O6/c1-28(2,3)36-27(34)30-14-12-18(13-15-30)16-24(25(31)32)29-26(33)35-17-23-21-10-6-4-8-19(21)20-9-5-7-11-22(20)23/h4-11,18,23-24H,12-17H2,1-3H3,(H,29,33)(H,31,32). The lowest BCUT2D eigenvalue weighted by Gasteiger charge is -2.34. The predicted octanol–water partition coefficient (Wildman–Crippen LogP) is 5.02. The van der Waals surface area contributed by atoms with Crippen molar-refractivity contribution in [3.05, 3.63) is 59.7 Å². The number of carbonyl (C=O) groups is 3. The highest BCUT2D eigenvalue weighted by molar-refractivity contribution is 5.81. The van der Waals surface area contributed by atoms with Gasteiger partial charge in [0.15, 0.2) is 0 Å². The number of carboxylic acid groups (broad SMARTS) is 1. The Balaban J connectivity index is 1.30. The third-order valence-corrected chi connectivity index (χ3v) is 6.77. The quantitative estimate of drug-likeness (QED) is 0.585. The van der Waals surface area contributed by atoms with Gasteiger partial charge in [0, 0.05) is 19.0 Å². The van der Waals surface area contributed by atoms with Gasteiger partial charge in [0.2, 0.25) is 0 Å². The molecule has 8 nitrogen and oxygen atoms in total. The Morgan fingerprint density at radius 1 is 1.00 bits per heavy atom. The van der Waals surface area contributed by atoms with Crippen molar-refractivity contribution in [1.82, 2.24) is 10.2 Å². The number of amides is 2. The Hall–Kier alpha value is -3.55. The third kappa shape index (κ3) is 5.98. The van der Waals surface area contributed by atoms with Crippen molar-refractivity contribution in [2.75, 3.05) is 19.7 Å². The van der Waals surface area contributed by atoms with E-state index < -0.39 is 23.7 Å². The van der Waals surface area contributed by atoms with Crippen LogP contribution in [0.3, 0.4) is 0 Å². The zero-order valence-electron chi connectivity index (χ0n) is 21.0. The summed E-state index contributed by atoms with van der Waals surface area (Å²) >= 11 is 0. The van der Waals surface area contributed by atoms with Gasteiger partial charge in [0.05, 0.1) is 0 Å². The van der Waals surface area contributed by atoms with Crippen molar-refractivity contribution >= 4 is 18.2 Å². The minimum absolute atomic E-state index is 0.0682. The van der Waals surface area contributed by atoms with Crippen molar-refractivity contribution in [3.63, 3.8) is 0 Å². The number of carbonyl (C=O) groups excluding carboxylic acids is 2. The van der Waals surface area contributed by atoms with Crippen LogP contribution < -0.4 is 5.32 Å². The molecule has 192 valence electrons. The molecule has 1 aliphatic heterocycles. The fraction of sp³-hybridized carbons (Fsp3) is 0.464. The first-order chi connectivity index (χ1) is 17.1. The number of rotatable bonds is 6. The molecule has 0 spiro atoms. The number of hydrogen-bond donors (Lipinski definition) is 2. The van der Waals surface area contributed by atoms with Crippen LogP contribution in [-0.2, 0) is 14.3 Å². The molecule has 1 heterocycles. The van der Waals surface area contributed by atoms with E-state index in [9.17, 15) is 19.5 Å². The van der Waals surface area contributed by atoms with E-state index in [1.807, 2.05) is 57.2 Å². The fourth-order valence-electron chi connectivity index (χ4n) is 5.01. The first-order valence-electron chi connectivity index (χ1n) is 12.4. The summed E-state index contributed by atoms with van der Waals surface area (Å²) in [5.74, 6) is -1.12. The topological polar surface area (TPSA) is 105 Å². The minimum Gasteiger partial charge on any atom is -0.480 e. The van der Waals surface area contributed by atoms with Crippen LogP contribution in [0.2, 0.25) is 0 Å². The van der Waals surface area contributed by atoms with Gasteiger partial charge in [-0.05, 0) is 68.2 Å². The number of aliphatic carboxylic acids is 1. The van der Waals surface area contributed by atoms with Gasteiger partial charge in [-0.3, -0.25) is 0 Å².